The lowest BCUT2D eigenvalue weighted by molar-refractivity contribution is 0.542. The first-order chi connectivity index (χ1) is 8.65. The van der Waals surface area contributed by atoms with Crippen LogP contribution in [0, 0.1) is 11.6 Å². The third-order valence-electron chi connectivity index (χ3n) is 3.11. The fourth-order valence-electron chi connectivity index (χ4n) is 2.02. The summed E-state index contributed by atoms with van der Waals surface area (Å²) < 4.78 is 26.9. The summed E-state index contributed by atoms with van der Waals surface area (Å²) in [5, 5.41) is 0. The van der Waals surface area contributed by atoms with Crippen LogP contribution in [0.2, 0.25) is 0 Å². The average Bonchev–Trinajstić information content (AvgIpc) is 2.34. The summed E-state index contributed by atoms with van der Waals surface area (Å²) in [6, 6.07) is 4.04. The Bertz CT molecular complexity index is 332. The van der Waals surface area contributed by atoms with Crippen LogP contribution in [0.5, 0.6) is 0 Å². The molecule has 1 unspecified atom stereocenters. The number of rotatable bonds is 8. The molecule has 18 heavy (non-hydrogen) atoms. The summed E-state index contributed by atoms with van der Waals surface area (Å²) in [5.74, 6) is -0.879. The predicted octanol–water partition coefficient (Wildman–Crippen LogP) is 5.63. The number of benzene rings is 1. The lowest BCUT2D eigenvalue weighted by Crippen LogP contribution is -2.06. The van der Waals surface area contributed by atoms with Crippen molar-refractivity contribution in [1.29, 1.82) is 0 Å². The van der Waals surface area contributed by atoms with Gasteiger partial charge in [0, 0.05) is 10.4 Å². The first kappa shape index (κ1) is 15.6. The van der Waals surface area contributed by atoms with Gasteiger partial charge in [0.05, 0.1) is 0 Å². The van der Waals surface area contributed by atoms with Crippen LogP contribution in [0.25, 0.3) is 0 Å². The summed E-state index contributed by atoms with van der Waals surface area (Å²) in [6.07, 6.45) is 7.48. The standard InChI is InChI=1S/C15H21BrF2/c1-2-3-4-5-6-8-12(16)11-13-14(17)9-7-10-15(13)18/h7,9-10,12H,2-6,8,11H2,1H3. The van der Waals surface area contributed by atoms with E-state index in [9.17, 15) is 8.78 Å². The molecule has 0 nitrogen and oxygen atoms in total. The van der Waals surface area contributed by atoms with Gasteiger partial charge < -0.3 is 0 Å². The van der Waals surface area contributed by atoms with Gasteiger partial charge in [0.25, 0.3) is 0 Å². The summed E-state index contributed by atoms with van der Waals surface area (Å²) in [4.78, 5) is 0.158. The predicted molar refractivity (Wildman–Crippen MR) is 76.2 cm³/mol. The van der Waals surface area contributed by atoms with Gasteiger partial charge in [-0.3, -0.25) is 0 Å². The van der Waals surface area contributed by atoms with E-state index in [1.165, 1.54) is 43.9 Å². The van der Waals surface area contributed by atoms with E-state index in [4.69, 9.17) is 0 Å². The molecule has 1 aromatic rings. The fourth-order valence-corrected chi connectivity index (χ4v) is 2.67. The van der Waals surface area contributed by atoms with E-state index in [2.05, 4.69) is 22.9 Å². The zero-order valence-electron chi connectivity index (χ0n) is 10.9. The minimum absolute atomic E-state index is 0.158. The van der Waals surface area contributed by atoms with Gasteiger partial charge >= 0.3 is 0 Å². The van der Waals surface area contributed by atoms with Crippen molar-refractivity contribution in [2.24, 2.45) is 0 Å². The number of alkyl halides is 1. The summed E-state index contributed by atoms with van der Waals surface area (Å²) in [5.41, 5.74) is 0.202. The van der Waals surface area contributed by atoms with Crippen molar-refractivity contribution in [2.45, 2.75) is 56.7 Å². The van der Waals surface area contributed by atoms with E-state index < -0.39 is 11.6 Å². The maximum absolute atomic E-state index is 13.4. The maximum atomic E-state index is 13.4. The van der Waals surface area contributed by atoms with Crippen LogP contribution in [0.1, 0.15) is 51.0 Å². The maximum Gasteiger partial charge on any atom is 0.129 e. The van der Waals surface area contributed by atoms with Crippen molar-refractivity contribution < 1.29 is 8.78 Å². The second kappa shape index (κ2) is 8.63. The Labute approximate surface area is 117 Å². The Morgan fingerprint density at radius 3 is 2.28 bits per heavy atom. The van der Waals surface area contributed by atoms with Crippen molar-refractivity contribution in [3.05, 3.63) is 35.4 Å². The minimum Gasteiger partial charge on any atom is -0.207 e. The Morgan fingerprint density at radius 1 is 1.06 bits per heavy atom. The Hall–Kier alpha value is -0.440. The zero-order chi connectivity index (χ0) is 13.4. The monoisotopic (exact) mass is 318 g/mol. The van der Waals surface area contributed by atoms with Crippen molar-refractivity contribution in [2.75, 3.05) is 0 Å². The Balaban J connectivity index is 2.33. The molecular formula is C15H21BrF2. The topological polar surface area (TPSA) is 0 Å². The van der Waals surface area contributed by atoms with Crippen molar-refractivity contribution in [3.8, 4) is 0 Å². The third-order valence-corrected chi connectivity index (χ3v) is 3.89. The van der Waals surface area contributed by atoms with Crippen LogP contribution in [-0.2, 0) is 6.42 Å². The molecule has 0 amide bonds. The highest BCUT2D eigenvalue weighted by atomic mass is 79.9. The van der Waals surface area contributed by atoms with Crippen molar-refractivity contribution >= 4 is 15.9 Å². The van der Waals surface area contributed by atoms with Gasteiger partial charge in [-0.2, -0.15) is 0 Å². The molecule has 1 atom stereocenters. The lowest BCUT2D eigenvalue weighted by atomic mass is 10.0. The molecule has 0 aliphatic carbocycles. The molecule has 0 fully saturated rings. The smallest absolute Gasteiger partial charge is 0.129 e. The highest BCUT2D eigenvalue weighted by Gasteiger charge is 2.13. The molecule has 0 N–H and O–H groups in total. The van der Waals surface area contributed by atoms with Gasteiger partial charge in [-0.25, -0.2) is 8.78 Å². The summed E-state index contributed by atoms with van der Waals surface area (Å²) in [7, 11) is 0. The normalized spacial score (nSPS) is 12.7. The highest BCUT2D eigenvalue weighted by Crippen LogP contribution is 2.21. The minimum atomic E-state index is -0.439. The van der Waals surface area contributed by atoms with E-state index in [-0.39, 0.29) is 10.4 Å². The van der Waals surface area contributed by atoms with Gasteiger partial charge in [0.15, 0.2) is 0 Å². The number of hydrogen-bond acceptors (Lipinski definition) is 0. The van der Waals surface area contributed by atoms with Crippen LogP contribution in [0.3, 0.4) is 0 Å². The SMILES string of the molecule is CCCCCCCC(Br)Cc1c(F)cccc1F. The second-order valence-electron chi connectivity index (χ2n) is 4.70. The molecule has 0 heterocycles. The summed E-state index contributed by atoms with van der Waals surface area (Å²) >= 11 is 3.52. The molecule has 0 saturated heterocycles. The van der Waals surface area contributed by atoms with Crippen LogP contribution < -0.4 is 0 Å². The number of halogens is 3. The number of unbranched alkanes of at least 4 members (excludes halogenated alkanes) is 4. The first-order valence-corrected chi connectivity index (χ1v) is 7.63. The molecule has 0 spiro atoms. The quantitative estimate of drug-likeness (QED) is 0.430. The second-order valence-corrected chi connectivity index (χ2v) is 6.00. The lowest BCUT2D eigenvalue weighted by Gasteiger charge is -2.11. The van der Waals surface area contributed by atoms with Gasteiger partial charge in [-0.05, 0) is 25.0 Å². The third kappa shape index (κ3) is 5.47. The zero-order valence-corrected chi connectivity index (χ0v) is 12.5. The molecule has 0 aliphatic rings. The van der Waals surface area contributed by atoms with Gasteiger partial charge in [-0.1, -0.05) is 61.0 Å². The first-order valence-electron chi connectivity index (χ1n) is 6.72. The summed E-state index contributed by atoms with van der Waals surface area (Å²) in [6.45, 7) is 2.19. The fraction of sp³-hybridized carbons (Fsp3) is 0.600. The van der Waals surface area contributed by atoms with Gasteiger partial charge in [0.2, 0.25) is 0 Å². The molecule has 3 heteroatoms. The van der Waals surface area contributed by atoms with Crippen LogP contribution >= 0.6 is 15.9 Å². The number of hydrogen-bond donors (Lipinski definition) is 0. The molecule has 0 bridgehead atoms. The highest BCUT2D eigenvalue weighted by molar-refractivity contribution is 9.09. The van der Waals surface area contributed by atoms with E-state index in [0.717, 1.165) is 12.8 Å². The van der Waals surface area contributed by atoms with Gasteiger partial charge in [-0.15, -0.1) is 0 Å². The van der Waals surface area contributed by atoms with Gasteiger partial charge in [0.1, 0.15) is 11.6 Å². The van der Waals surface area contributed by atoms with Crippen molar-refractivity contribution in [1.82, 2.24) is 0 Å². The molecule has 0 aromatic heterocycles. The molecular weight excluding hydrogens is 298 g/mol. The van der Waals surface area contributed by atoms with Crippen molar-refractivity contribution in [3.63, 3.8) is 0 Å². The van der Waals surface area contributed by atoms with Crippen LogP contribution in [0.15, 0.2) is 18.2 Å². The molecule has 1 rings (SSSR count). The molecule has 1 aromatic carbocycles. The average molecular weight is 319 g/mol. The molecule has 0 aliphatic heterocycles. The van der Waals surface area contributed by atoms with Crippen LogP contribution in [-0.4, -0.2) is 4.83 Å². The Kier molecular flexibility index (Phi) is 7.48. The van der Waals surface area contributed by atoms with E-state index in [0.29, 0.717) is 6.42 Å². The van der Waals surface area contributed by atoms with Crippen LogP contribution in [0.4, 0.5) is 8.78 Å². The molecule has 102 valence electrons. The largest absolute Gasteiger partial charge is 0.207 e. The Morgan fingerprint density at radius 2 is 1.67 bits per heavy atom. The molecule has 0 radical (unpaired) electrons. The van der Waals surface area contributed by atoms with E-state index in [1.807, 2.05) is 0 Å². The van der Waals surface area contributed by atoms with E-state index in [1.54, 1.807) is 0 Å². The molecule has 0 saturated carbocycles. The van der Waals surface area contributed by atoms with E-state index >= 15 is 0 Å².